The first-order valence-corrected chi connectivity index (χ1v) is 5.76. The van der Waals surface area contributed by atoms with Crippen LogP contribution in [-0.2, 0) is 0 Å². The molecule has 0 spiro atoms. The number of hydrogen-bond acceptors (Lipinski definition) is 3. The average Bonchev–Trinajstić information content (AvgIpc) is 2.32. The second-order valence-electron chi connectivity index (χ2n) is 4.32. The Morgan fingerprint density at radius 2 is 2.12 bits per heavy atom. The fourth-order valence-corrected chi connectivity index (χ4v) is 2.04. The first-order chi connectivity index (χ1) is 8.16. The molecule has 0 saturated heterocycles. The van der Waals surface area contributed by atoms with Crippen molar-refractivity contribution in [1.82, 2.24) is 10.3 Å². The first-order valence-electron chi connectivity index (χ1n) is 5.76. The minimum absolute atomic E-state index is 0.0190. The highest BCUT2D eigenvalue weighted by molar-refractivity contribution is 5.94. The topological polar surface area (TPSA) is 62.2 Å². The highest BCUT2D eigenvalue weighted by Gasteiger charge is 2.22. The van der Waals surface area contributed by atoms with Crippen molar-refractivity contribution in [2.24, 2.45) is 0 Å². The summed E-state index contributed by atoms with van der Waals surface area (Å²) in [5.41, 5.74) is -0.0291. The number of aliphatic hydroxyl groups excluding tert-OH is 1. The molecule has 1 aliphatic carbocycles. The Kier molecular flexibility index (Phi) is 3.68. The van der Waals surface area contributed by atoms with Gasteiger partial charge in [0.05, 0.1) is 11.7 Å². The summed E-state index contributed by atoms with van der Waals surface area (Å²) in [6.45, 7) is 0. The lowest BCUT2D eigenvalue weighted by atomic mass is 9.93. The number of rotatable bonds is 2. The van der Waals surface area contributed by atoms with Crippen molar-refractivity contribution >= 4 is 5.91 Å². The van der Waals surface area contributed by atoms with Gasteiger partial charge in [0.1, 0.15) is 0 Å². The maximum Gasteiger partial charge on any atom is 0.256 e. The van der Waals surface area contributed by atoms with E-state index in [0.717, 1.165) is 12.8 Å². The second kappa shape index (κ2) is 5.23. The summed E-state index contributed by atoms with van der Waals surface area (Å²) in [7, 11) is 0. The van der Waals surface area contributed by atoms with Crippen LogP contribution in [0.5, 0.6) is 0 Å². The van der Waals surface area contributed by atoms with E-state index >= 15 is 0 Å². The molecule has 0 bridgehead atoms. The molecular weight excluding hydrogens is 223 g/mol. The fraction of sp³-hybridized carbons (Fsp3) is 0.500. The van der Waals surface area contributed by atoms with Gasteiger partial charge in [0, 0.05) is 12.2 Å². The quantitative estimate of drug-likeness (QED) is 0.762. The van der Waals surface area contributed by atoms with Gasteiger partial charge in [-0.2, -0.15) is 4.39 Å². The van der Waals surface area contributed by atoms with E-state index in [4.69, 9.17) is 0 Å². The van der Waals surface area contributed by atoms with Crippen molar-refractivity contribution in [3.8, 4) is 0 Å². The van der Waals surface area contributed by atoms with E-state index < -0.39 is 11.9 Å². The number of carbonyl (C=O) groups is 1. The molecule has 1 fully saturated rings. The van der Waals surface area contributed by atoms with Crippen LogP contribution in [0.2, 0.25) is 0 Å². The lowest BCUT2D eigenvalue weighted by Crippen LogP contribution is -2.39. The van der Waals surface area contributed by atoms with Gasteiger partial charge < -0.3 is 10.4 Å². The van der Waals surface area contributed by atoms with E-state index in [1.165, 1.54) is 18.3 Å². The van der Waals surface area contributed by atoms with Crippen LogP contribution in [-0.4, -0.2) is 28.1 Å². The monoisotopic (exact) mass is 238 g/mol. The average molecular weight is 238 g/mol. The van der Waals surface area contributed by atoms with Crippen molar-refractivity contribution in [2.75, 3.05) is 0 Å². The molecule has 1 aromatic rings. The van der Waals surface area contributed by atoms with Gasteiger partial charge in [0.25, 0.3) is 5.91 Å². The molecule has 17 heavy (non-hydrogen) atoms. The number of carbonyl (C=O) groups excluding carboxylic acids is 1. The minimum Gasteiger partial charge on any atom is -0.393 e. The molecule has 2 rings (SSSR count). The largest absolute Gasteiger partial charge is 0.393 e. The third-order valence-electron chi connectivity index (χ3n) is 3.04. The molecule has 1 heterocycles. The molecule has 0 aliphatic heterocycles. The maximum absolute atomic E-state index is 13.2. The Bertz CT molecular complexity index is 403. The van der Waals surface area contributed by atoms with Crippen molar-refractivity contribution in [3.05, 3.63) is 29.8 Å². The molecule has 5 heteroatoms. The number of hydrogen-bond donors (Lipinski definition) is 2. The van der Waals surface area contributed by atoms with E-state index in [1.54, 1.807) is 0 Å². The maximum atomic E-state index is 13.2. The van der Waals surface area contributed by atoms with E-state index in [0.29, 0.717) is 12.8 Å². The molecule has 4 nitrogen and oxygen atoms in total. The van der Waals surface area contributed by atoms with Crippen molar-refractivity contribution < 1.29 is 14.3 Å². The SMILES string of the molecule is O=C(NC1CCC(O)CC1)c1cccnc1F. The van der Waals surface area contributed by atoms with Crippen LogP contribution in [0.3, 0.4) is 0 Å². The normalized spacial score (nSPS) is 24.4. The van der Waals surface area contributed by atoms with Crippen LogP contribution in [0.15, 0.2) is 18.3 Å². The molecule has 1 aromatic heterocycles. The molecule has 1 saturated carbocycles. The molecule has 92 valence electrons. The van der Waals surface area contributed by atoms with Gasteiger partial charge in [-0.05, 0) is 37.8 Å². The molecule has 1 amide bonds. The van der Waals surface area contributed by atoms with Crippen molar-refractivity contribution in [3.63, 3.8) is 0 Å². The van der Waals surface area contributed by atoms with Gasteiger partial charge >= 0.3 is 0 Å². The molecule has 0 atom stereocenters. The molecular formula is C12H15FN2O2. The van der Waals surface area contributed by atoms with Gasteiger partial charge in [0.2, 0.25) is 5.95 Å². The number of nitrogens with one attached hydrogen (secondary N) is 1. The zero-order valence-corrected chi connectivity index (χ0v) is 9.40. The standard InChI is InChI=1S/C12H15FN2O2/c13-11-10(2-1-7-14-11)12(17)15-8-3-5-9(16)6-4-8/h1-2,7-9,16H,3-6H2,(H,15,17). The zero-order chi connectivity index (χ0) is 12.3. The number of amides is 1. The Morgan fingerprint density at radius 3 is 2.76 bits per heavy atom. The summed E-state index contributed by atoms with van der Waals surface area (Å²) in [5.74, 6) is -1.18. The van der Waals surface area contributed by atoms with Crippen LogP contribution in [0.1, 0.15) is 36.0 Å². The minimum atomic E-state index is -0.749. The number of halogens is 1. The third kappa shape index (κ3) is 3.00. The van der Waals surface area contributed by atoms with Crippen LogP contribution < -0.4 is 5.32 Å². The van der Waals surface area contributed by atoms with Gasteiger partial charge in [-0.3, -0.25) is 4.79 Å². The van der Waals surface area contributed by atoms with Gasteiger partial charge in [-0.1, -0.05) is 0 Å². The molecule has 1 aliphatic rings. The predicted molar refractivity (Wildman–Crippen MR) is 59.9 cm³/mol. The summed E-state index contributed by atoms with van der Waals surface area (Å²) in [5, 5.41) is 12.1. The van der Waals surface area contributed by atoms with E-state index in [1.807, 2.05) is 0 Å². The van der Waals surface area contributed by atoms with E-state index in [9.17, 15) is 14.3 Å². The summed E-state index contributed by atoms with van der Waals surface area (Å²) in [4.78, 5) is 15.2. The summed E-state index contributed by atoms with van der Waals surface area (Å²) in [6.07, 6.45) is 3.87. The van der Waals surface area contributed by atoms with E-state index in [2.05, 4.69) is 10.3 Å². The Hall–Kier alpha value is -1.49. The Labute approximate surface area is 98.9 Å². The number of pyridine rings is 1. The lowest BCUT2D eigenvalue weighted by Gasteiger charge is -2.26. The molecule has 0 aromatic carbocycles. The van der Waals surface area contributed by atoms with Crippen LogP contribution in [0.25, 0.3) is 0 Å². The smallest absolute Gasteiger partial charge is 0.256 e. The van der Waals surface area contributed by atoms with Crippen LogP contribution in [0, 0.1) is 5.95 Å². The molecule has 0 radical (unpaired) electrons. The number of aromatic nitrogens is 1. The molecule has 0 unspecified atom stereocenters. The summed E-state index contributed by atoms with van der Waals surface area (Å²) >= 11 is 0. The van der Waals surface area contributed by atoms with Crippen LogP contribution >= 0.6 is 0 Å². The van der Waals surface area contributed by atoms with E-state index in [-0.39, 0.29) is 17.7 Å². The van der Waals surface area contributed by atoms with Crippen LogP contribution in [0.4, 0.5) is 4.39 Å². The first kappa shape index (κ1) is 12.0. The Morgan fingerprint density at radius 1 is 1.41 bits per heavy atom. The van der Waals surface area contributed by atoms with Gasteiger partial charge in [-0.15, -0.1) is 0 Å². The lowest BCUT2D eigenvalue weighted by molar-refractivity contribution is 0.0863. The summed E-state index contributed by atoms with van der Waals surface area (Å²) in [6, 6.07) is 2.96. The van der Waals surface area contributed by atoms with Crippen molar-refractivity contribution in [1.29, 1.82) is 0 Å². The zero-order valence-electron chi connectivity index (χ0n) is 9.40. The third-order valence-corrected chi connectivity index (χ3v) is 3.04. The van der Waals surface area contributed by atoms with Crippen molar-refractivity contribution in [2.45, 2.75) is 37.8 Å². The second-order valence-corrected chi connectivity index (χ2v) is 4.32. The fourth-order valence-electron chi connectivity index (χ4n) is 2.04. The predicted octanol–water partition coefficient (Wildman–Crippen LogP) is 1.25. The highest BCUT2D eigenvalue weighted by atomic mass is 19.1. The highest BCUT2D eigenvalue weighted by Crippen LogP contribution is 2.18. The summed E-state index contributed by atoms with van der Waals surface area (Å²) < 4.78 is 13.2. The Balaban J connectivity index is 1.96. The van der Waals surface area contributed by atoms with Gasteiger partial charge in [-0.25, -0.2) is 4.98 Å². The van der Waals surface area contributed by atoms with Gasteiger partial charge in [0.15, 0.2) is 0 Å². The molecule has 2 N–H and O–H groups in total. The number of nitrogens with zero attached hydrogens (tertiary/aromatic N) is 1. The number of aliphatic hydroxyl groups is 1.